The third kappa shape index (κ3) is 4.41. The number of carbonyl (C=O) groups is 1. The van der Waals surface area contributed by atoms with Crippen molar-refractivity contribution in [2.45, 2.75) is 38.9 Å². The van der Waals surface area contributed by atoms with Crippen LogP contribution in [0.15, 0.2) is 24.3 Å². The monoisotopic (exact) mass is 344 g/mol. The number of benzene rings is 1. The van der Waals surface area contributed by atoms with E-state index in [0.717, 1.165) is 31.4 Å². The van der Waals surface area contributed by atoms with Gasteiger partial charge in [0.2, 0.25) is 0 Å². The molecule has 0 bridgehead atoms. The Bertz CT molecular complexity index is 561. The van der Waals surface area contributed by atoms with Gasteiger partial charge in [-0.25, -0.2) is 4.79 Å². The van der Waals surface area contributed by atoms with Crippen LogP contribution in [0.5, 0.6) is 0 Å². The molecule has 1 aromatic carbocycles. The number of aliphatic hydroxyl groups excluding tert-OH is 1. The fourth-order valence-corrected chi connectivity index (χ4v) is 2.95. The topological polar surface area (TPSA) is 52.6 Å². The molecule has 1 saturated heterocycles. The van der Waals surface area contributed by atoms with Crippen molar-refractivity contribution in [1.29, 1.82) is 0 Å². The van der Waals surface area contributed by atoms with E-state index in [4.69, 9.17) is 0 Å². The van der Waals surface area contributed by atoms with E-state index in [1.807, 2.05) is 6.92 Å². The summed E-state index contributed by atoms with van der Waals surface area (Å²) in [5, 5.41) is 12.2. The maximum atomic E-state index is 12.7. The van der Waals surface area contributed by atoms with Crippen molar-refractivity contribution in [1.82, 2.24) is 10.2 Å². The maximum Gasteiger partial charge on any atom is 0.416 e. The van der Waals surface area contributed by atoms with Crippen LogP contribution < -0.4 is 5.32 Å². The molecule has 1 aliphatic heterocycles. The third-order valence-corrected chi connectivity index (χ3v) is 4.89. The summed E-state index contributed by atoms with van der Waals surface area (Å²) in [4.78, 5) is 13.8. The van der Waals surface area contributed by atoms with Gasteiger partial charge in [-0.1, -0.05) is 19.1 Å². The number of hydrogen-bond acceptors (Lipinski definition) is 2. The molecule has 0 spiro atoms. The van der Waals surface area contributed by atoms with Crippen molar-refractivity contribution in [3.63, 3.8) is 0 Å². The molecule has 0 unspecified atom stereocenters. The summed E-state index contributed by atoms with van der Waals surface area (Å²) in [5.41, 5.74) is -0.422. The number of urea groups is 1. The zero-order valence-electron chi connectivity index (χ0n) is 13.7. The maximum absolute atomic E-state index is 12.7. The number of nitrogens with one attached hydrogen (secondary N) is 1. The molecular weight excluding hydrogens is 321 g/mol. The Morgan fingerprint density at radius 3 is 2.54 bits per heavy atom. The molecule has 1 fully saturated rings. The first-order valence-electron chi connectivity index (χ1n) is 8.09. The molecule has 1 heterocycles. The SMILES string of the molecule is CCC1(CO)CCN(C(=O)NCc2cccc(C(F)(F)F)c2)CC1. The second kappa shape index (κ2) is 7.42. The second-order valence-corrected chi connectivity index (χ2v) is 6.36. The van der Waals surface area contributed by atoms with Crippen molar-refractivity contribution in [2.75, 3.05) is 19.7 Å². The first-order chi connectivity index (χ1) is 11.3. The van der Waals surface area contributed by atoms with Gasteiger partial charge in [0.05, 0.1) is 5.56 Å². The number of carbonyl (C=O) groups excluding carboxylic acids is 1. The molecular formula is C17H23F3N2O2. The Morgan fingerprint density at radius 2 is 2.00 bits per heavy atom. The Hall–Kier alpha value is -1.76. The van der Waals surface area contributed by atoms with Gasteiger partial charge in [-0.2, -0.15) is 13.2 Å². The quantitative estimate of drug-likeness (QED) is 0.880. The number of alkyl halides is 3. The van der Waals surface area contributed by atoms with E-state index in [1.165, 1.54) is 6.07 Å². The Balaban J connectivity index is 1.88. The molecule has 7 heteroatoms. The lowest BCUT2D eigenvalue weighted by molar-refractivity contribution is -0.137. The predicted molar refractivity (Wildman–Crippen MR) is 84.3 cm³/mol. The molecule has 4 nitrogen and oxygen atoms in total. The van der Waals surface area contributed by atoms with E-state index in [0.29, 0.717) is 18.7 Å². The molecule has 1 aromatic rings. The third-order valence-electron chi connectivity index (χ3n) is 4.89. The molecule has 24 heavy (non-hydrogen) atoms. The van der Waals surface area contributed by atoms with Gasteiger partial charge in [0, 0.05) is 26.2 Å². The van der Waals surface area contributed by atoms with Gasteiger partial charge in [0.25, 0.3) is 0 Å². The summed E-state index contributed by atoms with van der Waals surface area (Å²) >= 11 is 0. The van der Waals surface area contributed by atoms with Crippen LogP contribution in [0, 0.1) is 5.41 Å². The number of halogens is 3. The minimum Gasteiger partial charge on any atom is -0.396 e. The summed E-state index contributed by atoms with van der Waals surface area (Å²) in [6, 6.07) is 4.66. The van der Waals surface area contributed by atoms with Crippen LogP contribution in [0.4, 0.5) is 18.0 Å². The number of aliphatic hydroxyl groups is 1. The van der Waals surface area contributed by atoms with Crippen molar-refractivity contribution >= 4 is 6.03 Å². The van der Waals surface area contributed by atoms with Crippen LogP contribution in [0.3, 0.4) is 0 Å². The largest absolute Gasteiger partial charge is 0.416 e. The van der Waals surface area contributed by atoms with Crippen LogP contribution in [0.2, 0.25) is 0 Å². The molecule has 2 N–H and O–H groups in total. The first kappa shape index (κ1) is 18.6. The summed E-state index contributed by atoms with van der Waals surface area (Å²) in [6.45, 7) is 3.28. The van der Waals surface area contributed by atoms with Crippen LogP contribution >= 0.6 is 0 Å². The fourth-order valence-electron chi connectivity index (χ4n) is 2.95. The lowest BCUT2D eigenvalue weighted by atomic mass is 9.77. The number of likely N-dealkylation sites (tertiary alicyclic amines) is 1. The standard InChI is InChI=1S/C17H23F3N2O2/c1-2-16(12-23)6-8-22(9-7-16)15(24)21-11-13-4-3-5-14(10-13)17(18,19)20/h3-5,10,23H,2,6-9,11-12H2,1H3,(H,21,24). The lowest BCUT2D eigenvalue weighted by Gasteiger charge is -2.40. The average molecular weight is 344 g/mol. The molecule has 0 atom stereocenters. The Morgan fingerprint density at radius 1 is 1.33 bits per heavy atom. The molecule has 1 aliphatic rings. The molecule has 0 aromatic heterocycles. The highest BCUT2D eigenvalue weighted by atomic mass is 19.4. The van der Waals surface area contributed by atoms with E-state index in [1.54, 1.807) is 11.0 Å². The molecule has 134 valence electrons. The summed E-state index contributed by atoms with van der Waals surface area (Å²) < 4.78 is 38.0. The van der Waals surface area contributed by atoms with Gasteiger partial charge in [0.1, 0.15) is 0 Å². The van der Waals surface area contributed by atoms with Gasteiger partial charge >= 0.3 is 12.2 Å². The minimum absolute atomic E-state index is 0.0537. The van der Waals surface area contributed by atoms with Crippen molar-refractivity contribution in [3.05, 3.63) is 35.4 Å². The van der Waals surface area contributed by atoms with Gasteiger partial charge in [0.15, 0.2) is 0 Å². The number of amides is 2. The molecule has 0 aliphatic carbocycles. The van der Waals surface area contributed by atoms with Gasteiger partial charge in [-0.05, 0) is 42.4 Å². The van der Waals surface area contributed by atoms with Crippen LogP contribution in [-0.4, -0.2) is 35.7 Å². The number of piperidine rings is 1. The van der Waals surface area contributed by atoms with Crippen LogP contribution in [0.1, 0.15) is 37.3 Å². The van der Waals surface area contributed by atoms with E-state index in [9.17, 15) is 23.1 Å². The highest BCUT2D eigenvalue weighted by molar-refractivity contribution is 5.74. The van der Waals surface area contributed by atoms with Crippen molar-refractivity contribution in [3.8, 4) is 0 Å². The Kier molecular flexibility index (Phi) is 5.74. The highest BCUT2D eigenvalue weighted by Crippen LogP contribution is 2.34. The zero-order valence-corrected chi connectivity index (χ0v) is 13.7. The zero-order chi connectivity index (χ0) is 17.8. The number of rotatable bonds is 4. The van der Waals surface area contributed by atoms with E-state index in [2.05, 4.69) is 5.32 Å². The first-order valence-corrected chi connectivity index (χ1v) is 8.09. The summed E-state index contributed by atoms with van der Waals surface area (Å²) in [5.74, 6) is 0. The summed E-state index contributed by atoms with van der Waals surface area (Å²) in [6.07, 6.45) is -2.06. The summed E-state index contributed by atoms with van der Waals surface area (Å²) in [7, 11) is 0. The molecule has 2 amide bonds. The number of nitrogens with zero attached hydrogens (tertiary/aromatic N) is 1. The smallest absolute Gasteiger partial charge is 0.396 e. The van der Waals surface area contributed by atoms with E-state index >= 15 is 0 Å². The van der Waals surface area contributed by atoms with Gasteiger partial charge in [-0.3, -0.25) is 0 Å². The van der Waals surface area contributed by atoms with Gasteiger partial charge < -0.3 is 15.3 Å². The van der Waals surface area contributed by atoms with Gasteiger partial charge in [-0.15, -0.1) is 0 Å². The highest BCUT2D eigenvalue weighted by Gasteiger charge is 2.34. The predicted octanol–water partition coefficient (Wildman–Crippen LogP) is 3.40. The number of hydrogen-bond donors (Lipinski definition) is 2. The second-order valence-electron chi connectivity index (χ2n) is 6.36. The van der Waals surface area contributed by atoms with Crippen LogP contribution in [-0.2, 0) is 12.7 Å². The molecule has 0 radical (unpaired) electrons. The fraction of sp³-hybridized carbons (Fsp3) is 0.588. The normalized spacial score (nSPS) is 17.6. The van der Waals surface area contributed by atoms with Crippen molar-refractivity contribution < 1.29 is 23.1 Å². The average Bonchev–Trinajstić information content (AvgIpc) is 2.59. The molecule has 0 saturated carbocycles. The van der Waals surface area contributed by atoms with Crippen molar-refractivity contribution in [2.24, 2.45) is 5.41 Å². The van der Waals surface area contributed by atoms with E-state index < -0.39 is 11.7 Å². The van der Waals surface area contributed by atoms with Crippen LogP contribution in [0.25, 0.3) is 0 Å². The lowest BCUT2D eigenvalue weighted by Crippen LogP contribution is -2.48. The Labute approximate surface area is 139 Å². The minimum atomic E-state index is -4.39. The van der Waals surface area contributed by atoms with E-state index in [-0.39, 0.29) is 24.6 Å². The molecule has 2 rings (SSSR count).